The number of rotatable bonds is 4. The molecular formula is C19H20N2O5. The van der Waals surface area contributed by atoms with Gasteiger partial charge in [-0.05, 0) is 56.2 Å². The summed E-state index contributed by atoms with van der Waals surface area (Å²) in [6.07, 6.45) is -0.771. The van der Waals surface area contributed by atoms with Crippen molar-refractivity contribution in [2.45, 2.75) is 26.9 Å². The summed E-state index contributed by atoms with van der Waals surface area (Å²) in [6, 6.07) is 10.4. The first kappa shape index (κ1) is 17.6. The number of amides is 2. The fourth-order valence-corrected chi connectivity index (χ4v) is 2.43. The van der Waals surface area contributed by atoms with Gasteiger partial charge in [-0.1, -0.05) is 12.1 Å². The second-order valence-electron chi connectivity index (χ2n) is 5.97. The molecule has 2 amide bonds. The molecule has 0 spiro atoms. The fraction of sp³-hybridized carbons (Fsp3) is 0.263. The Hall–Kier alpha value is -3.22. The summed E-state index contributed by atoms with van der Waals surface area (Å²) >= 11 is 0. The van der Waals surface area contributed by atoms with Crippen LogP contribution in [0.15, 0.2) is 36.4 Å². The first-order chi connectivity index (χ1) is 12.5. The molecule has 1 heterocycles. The first-order valence-corrected chi connectivity index (χ1v) is 8.18. The van der Waals surface area contributed by atoms with Crippen molar-refractivity contribution in [2.24, 2.45) is 0 Å². The number of ether oxygens (including phenoxy) is 3. The zero-order valence-corrected chi connectivity index (χ0v) is 14.8. The molecule has 0 aromatic heterocycles. The molecule has 0 saturated carbocycles. The van der Waals surface area contributed by atoms with Gasteiger partial charge in [-0.2, -0.15) is 0 Å². The molecule has 136 valence electrons. The van der Waals surface area contributed by atoms with E-state index >= 15 is 0 Å². The van der Waals surface area contributed by atoms with Gasteiger partial charge in [-0.3, -0.25) is 20.4 Å². The minimum absolute atomic E-state index is 0.129. The maximum atomic E-state index is 12.2. The Morgan fingerprint density at radius 2 is 1.85 bits per heavy atom. The van der Waals surface area contributed by atoms with E-state index in [1.165, 1.54) is 0 Å². The first-order valence-electron chi connectivity index (χ1n) is 8.18. The maximum absolute atomic E-state index is 12.2. The van der Waals surface area contributed by atoms with Crippen LogP contribution in [0, 0.1) is 13.8 Å². The van der Waals surface area contributed by atoms with Crippen LogP contribution in [0.4, 0.5) is 0 Å². The van der Waals surface area contributed by atoms with E-state index < -0.39 is 17.9 Å². The molecule has 0 bridgehead atoms. The third-order valence-corrected chi connectivity index (χ3v) is 4.16. The van der Waals surface area contributed by atoms with Crippen molar-refractivity contribution in [3.8, 4) is 17.2 Å². The Balaban J connectivity index is 1.56. The highest BCUT2D eigenvalue weighted by molar-refractivity contribution is 5.96. The largest absolute Gasteiger partial charge is 0.481 e. The van der Waals surface area contributed by atoms with E-state index in [1.807, 2.05) is 26.0 Å². The van der Waals surface area contributed by atoms with E-state index in [9.17, 15) is 9.59 Å². The lowest BCUT2D eigenvalue weighted by atomic mass is 10.1. The standard InChI is InChI=1S/C19H20N2O5/c1-11-5-4-6-15(12(11)2)26-13(3)18(22)20-21-19(23)14-7-8-16-17(9-14)25-10-24-16/h4-9,13H,10H2,1-3H3,(H,20,22)(H,21,23)/t13-/m0/s1. The second kappa shape index (κ2) is 7.35. The van der Waals surface area contributed by atoms with Crippen LogP contribution in [0.3, 0.4) is 0 Å². The summed E-state index contributed by atoms with van der Waals surface area (Å²) in [4.78, 5) is 24.3. The van der Waals surface area contributed by atoms with Gasteiger partial charge < -0.3 is 14.2 Å². The molecule has 1 atom stereocenters. The highest BCUT2D eigenvalue weighted by atomic mass is 16.7. The van der Waals surface area contributed by atoms with Crippen molar-refractivity contribution in [1.82, 2.24) is 10.9 Å². The summed E-state index contributed by atoms with van der Waals surface area (Å²) in [5, 5.41) is 0. The number of fused-ring (bicyclic) bond motifs is 1. The number of carbonyl (C=O) groups excluding carboxylic acids is 2. The number of nitrogens with one attached hydrogen (secondary N) is 2. The molecule has 2 N–H and O–H groups in total. The molecule has 0 unspecified atom stereocenters. The van der Waals surface area contributed by atoms with E-state index in [0.29, 0.717) is 22.8 Å². The number of hydrazine groups is 1. The van der Waals surface area contributed by atoms with Gasteiger partial charge in [0.1, 0.15) is 5.75 Å². The topological polar surface area (TPSA) is 85.9 Å². The summed E-state index contributed by atoms with van der Waals surface area (Å²) in [5.41, 5.74) is 7.12. The van der Waals surface area contributed by atoms with E-state index in [-0.39, 0.29) is 6.79 Å². The third kappa shape index (κ3) is 3.72. The lowest BCUT2D eigenvalue weighted by Crippen LogP contribution is -2.47. The minimum atomic E-state index is -0.771. The zero-order valence-electron chi connectivity index (χ0n) is 14.8. The van der Waals surface area contributed by atoms with Gasteiger partial charge in [-0.15, -0.1) is 0 Å². The van der Waals surface area contributed by atoms with E-state index in [1.54, 1.807) is 31.2 Å². The summed E-state index contributed by atoms with van der Waals surface area (Å²) < 4.78 is 16.1. The van der Waals surface area contributed by atoms with E-state index in [4.69, 9.17) is 14.2 Å². The van der Waals surface area contributed by atoms with Crippen molar-refractivity contribution in [2.75, 3.05) is 6.79 Å². The molecule has 0 fully saturated rings. The Morgan fingerprint density at radius 3 is 2.65 bits per heavy atom. The zero-order chi connectivity index (χ0) is 18.7. The molecule has 1 aliphatic rings. The Kier molecular flexibility index (Phi) is 4.97. The molecule has 0 radical (unpaired) electrons. The molecule has 2 aromatic rings. The van der Waals surface area contributed by atoms with Gasteiger partial charge in [0.05, 0.1) is 0 Å². The Morgan fingerprint density at radius 1 is 1.08 bits per heavy atom. The maximum Gasteiger partial charge on any atom is 0.279 e. The lowest BCUT2D eigenvalue weighted by Gasteiger charge is -2.17. The van der Waals surface area contributed by atoms with Crippen molar-refractivity contribution >= 4 is 11.8 Å². The summed E-state index contributed by atoms with van der Waals surface area (Å²) in [7, 11) is 0. The van der Waals surface area contributed by atoms with Crippen LogP contribution >= 0.6 is 0 Å². The monoisotopic (exact) mass is 356 g/mol. The van der Waals surface area contributed by atoms with Crippen LogP contribution in [-0.4, -0.2) is 24.7 Å². The Bertz CT molecular complexity index is 850. The van der Waals surface area contributed by atoms with Crippen LogP contribution in [0.25, 0.3) is 0 Å². The van der Waals surface area contributed by atoms with Crippen LogP contribution in [-0.2, 0) is 4.79 Å². The molecule has 2 aromatic carbocycles. The summed E-state index contributed by atoms with van der Waals surface area (Å²) in [6.45, 7) is 5.64. The molecule has 0 saturated heterocycles. The van der Waals surface area contributed by atoms with Gasteiger partial charge in [-0.25, -0.2) is 0 Å². The van der Waals surface area contributed by atoms with Crippen LogP contribution in [0.2, 0.25) is 0 Å². The highest BCUT2D eigenvalue weighted by Crippen LogP contribution is 2.32. The van der Waals surface area contributed by atoms with Gasteiger partial charge in [0, 0.05) is 5.56 Å². The molecule has 26 heavy (non-hydrogen) atoms. The van der Waals surface area contributed by atoms with Gasteiger partial charge in [0.15, 0.2) is 17.6 Å². The normalized spacial score (nSPS) is 13.0. The molecule has 1 aliphatic heterocycles. The fourth-order valence-electron chi connectivity index (χ4n) is 2.43. The average Bonchev–Trinajstić information content (AvgIpc) is 3.10. The second-order valence-corrected chi connectivity index (χ2v) is 5.97. The van der Waals surface area contributed by atoms with Crippen molar-refractivity contribution in [3.05, 3.63) is 53.1 Å². The average molecular weight is 356 g/mol. The number of carbonyl (C=O) groups is 2. The molecular weight excluding hydrogens is 336 g/mol. The van der Waals surface area contributed by atoms with E-state index in [0.717, 1.165) is 11.1 Å². The number of aryl methyl sites for hydroxylation is 1. The molecule has 7 heteroatoms. The van der Waals surface area contributed by atoms with Crippen LogP contribution in [0.1, 0.15) is 28.4 Å². The van der Waals surface area contributed by atoms with Gasteiger partial charge in [0.25, 0.3) is 11.8 Å². The number of benzene rings is 2. The SMILES string of the molecule is Cc1cccc(O[C@@H](C)C(=O)NNC(=O)c2ccc3c(c2)OCO3)c1C. The van der Waals surface area contributed by atoms with E-state index in [2.05, 4.69) is 10.9 Å². The summed E-state index contributed by atoms with van der Waals surface area (Å²) in [5.74, 6) is 0.794. The molecule has 7 nitrogen and oxygen atoms in total. The predicted octanol–water partition coefficient (Wildman–Crippen LogP) is 2.26. The van der Waals surface area contributed by atoms with Crippen LogP contribution < -0.4 is 25.1 Å². The van der Waals surface area contributed by atoms with Crippen molar-refractivity contribution in [3.63, 3.8) is 0 Å². The van der Waals surface area contributed by atoms with Gasteiger partial charge >= 0.3 is 0 Å². The third-order valence-electron chi connectivity index (χ3n) is 4.16. The highest BCUT2D eigenvalue weighted by Gasteiger charge is 2.19. The molecule has 0 aliphatic carbocycles. The minimum Gasteiger partial charge on any atom is -0.481 e. The smallest absolute Gasteiger partial charge is 0.279 e. The number of hydrogen-bond donors (Lipinski definition) is 2. The van der Waals surface area contributed by atoms with Crippen molar-refractivity contribution < 1.29 is 23.8 Å². The lowest BCUT2D eigenvalue weighted by molar-refractivity contribution is -0.128. The Labute approximate surface area is 151 Å². The van der Waals surface area contributed by atoms with Gasteiger partial charge in [0.2, 0.25) is 6.79 Å². The predicted molar refractivity (Wildman–Crippen MR) is 94.2 cm³/mol. The van der Waals surface area contributed by atoms with Crippen LogP contribution in [0.5, 0.6) is 17.2 Å². The quantitative estimate of drug-likeness (QED) is 0.821. The number of hydrogen-bond acceptors (Lipinski definition) is 5. The van der Waals surface area contributed by atoms with Crippen molar-refractivity contribution in [1.29, 1.82) is 0 Å². The molecule has 3 rings (SSSR count).